The van der Waals surface area contributed by atoms with E-state index in [4.69, 9.17) is 5.11 Å². The van der Waals surface area contributed by atoms with E-state index in [2.05, 4.69) is 4.90 Å². The summed E-state index contributed by atoms with van der Waals surface area (Å²) in [5, 5.41) is 8.65. The lowest BCUT2D eigenvalue weighted by atomic mass is 10.1. The molecule has 1 aliphatic carbocycles. The zero-order valence-corrected chi connectivity index (χ0v) is 8.49. The molecule has 0 radical (unpaired) electrons. The van der Waals surface area contributed by atoms with Crippen LogP contribution in [0.2, 0.25) is 0 Å². The topological polar surface area (TPSA) is 40.5 Å². The number of nitrogens with zero attached hydrogens (tertiary/aromatic N) is 1. The molecule has 0 aromatic carbocycles. The van der Waals surface area contributed by atoms with Gasteiger partial charge in [-0.15, -0.1) is 0 Å². The quantitative estimate of drug-likeness (QED) is 0.725. The fraction of sp³-hybridized carbons (Fsp3) is 0.900. The maximum absolute atomic E-state index is 10.5. The molecule has 1 N–H and O–H groups in total. The molecule has 0 amide bonds. The summed E-state index contributed by atoms with van der Waals surface area (Å²) in [4.78, 5) is 12.7. The highest BCUT2D eigenvalue weighted by Gasteiger charge is 2.24. The molecule has 1 unspecified atom stereocenters. The summed E-state index contributed by atoms with van der Waals surface area (Å²) < 4.78 is 0. The van der Waals surface area contributed by atoms with Crippen molar-refractivity contribution in [2.45, 2.75) is 51.1 Å². The Morgan fingerprint density at radius 1 is 1.54 bits per heavy atom. The van der Waals surface area contributed by atoms with Gasteiger partial charge in [0.25, 0.3) is 0 Å². The number of rotatable bonds is 4. The highest BCUT2D eigenvalue weighted by molar-refractivity contribution is 5.67. The SMILES string of the molecule is CC(CC(=O)O)N(C)C1CCCC1. The third kappa shape index (κ3) is 2.99. The minimum absolute atomic E-state index is 0.167. The van der Waals surface area contributed by atoms with Crippen LogP contribution in [-0.2, 0) is 4.79 Å². The molecule has 3 heteroatoms. The van der Waals surface area contributed by atoms with Crippen LogP contribution < -0.4 is 0 Å². The predicted molar refractivity (Wildman–Crippen MR) is 51.7 cm³/mol. The first kappa shape index (κ1) is 10.5. The first-order valence-electron chi connectivity index (χ1n) is 5.05. The highest BCUT2D eigenvalue weighted by Crippen LogP contribution is 2.24. The molecule has 0 aliphatic heterocycles. The fourth-order valence-electron chi connectivity index (χ4n) is 2.07. The third-order valence-corrected chi connectivity index (χ3v) is 3.07. The summed E-state index contributed by atoms with van der Waals surface area (Å²) in [7, 11) is 2.05. The molecule has 1 atom stereocenters. The minimum Gasteiger partial charge on any atom is -0.481 e. The summed E-state index contributed by atoms with van der Waals surface area (Å²) in [6, 6.07) is 0.787. The predicted octanol–water partition coefficient (Wildman–Crippen LogP) is 1.72. The summed E-state index contributed by atoms with van der Waals surface area (Å²) in [6.07, 6.45) is 5.33. The molecule has 0 aromatic heterocycles. The van der Waals surface area contributed by atoms with Gasteiger partial charge in [-0.3, -0.25) is 4.79 Å². The van der Waals surface area contributed by atoms with Gasteiger partial charge in [0.15, 0.2) is 0 Å². The molecule has 1 aliphatic rings. The van der Waals surface area contributed by atoms with Gasteiger partial charge in [-0.1, -0.05) is 12.8 Å². The lowest BCUT2D eigenvalue weighted by molar-refractivity contribution is -0.138. The maximum atomic E-state index is 10.5. The molecule has 0 heterocycles. The zero-order chi connectivity index (χ0) is 9.84. The van der Waals surface area contributed by atoms with Crippen LogP contribution in [0.4, 0.5) is 0 Å². The first-order chi connectivity index (χ1) is 6.11. The lowest BCUT2D eigenvalue weighted by Gasteiger charge is -2.29. The fourth-order valence-corrected chi connectivity index (χ4v) is 2.07. The van der Waals surface area contributed by atoms with Gasteiger partial charge in [-0.25, -0.2) is 0 Å². The molecule has 0 saturated heterocycles. The normalized spacial score (nSPS) is 20.8. The minimum atomic E-state index is -0.697. The zero-order valence-electron chi connectivity index (χ0n) is 8.49. The number of hydrogen-bond acceptors (Lipinski definition) is 2. The van der Waals surface area contributed by atoms with Gasteiger partial charge in [0.1, 0.15) is 0 Å². The Morgan fingerprint density at radius 3 is 2.54 bits per heavy atom. The average molecular weight is 185 g/mol. The molecule has 1 saturated carbocycles. The van der Waals surface area contributed by atoms with Crippen molar-refractivity contribution in [3.8, 4) is 0 Å². The van der Waals surface area contributed by atoms with Gasteiger partial charge in [0, 0.05) is 12.1 Å². The van der Waals surface area contributed by atoms with E-state index in [0.717, 1.165) is 0 Å². The van der Waals surface area contributed by atoms with E-state index in [-0.39, 0.29) is 12.5 Å². The monoisotopic (exact) mass is 185 g/mol. The van der Waals surface area contributed by atoms with Crippen molar-refractivity contribution in [1.82, 2.24) is 4.90 Å². The van der Waals surface area contributed by atoms with E-state index in [1.807, 2.05) is 14.0 Å². The number of carboxylic acid groups (broad SMARTS) is 1. The number of carboxylic acids is 1. The van der Waals surface area contributed by atoms with E-state index >= 15 is 0 Å². The van der Waals surface area contributed by atoms with E-state index in [1.165, 1.54) is 25.7 Å². The molecule has 3 nitrogen and oxygen atoms in total. The molecule has 1 fully saturated rings. The maximum Gasteiger partial charge on any atom is 0.304 e. The van der Waals surface area contributed by atoms with Gasteiger partial charge in [-0.2, -0.15) is 0 Å². The number of carbonyl (C=O) groups is 1. The van der Waals surface area contributed by atoms with Gasteiger partial charge >= 0.3 is 5.97 Å². The van der Waals surface area contributed by atoms with E-state index in [1.54, 1.807) is 0 Å². The standard InChI is InChI=1S/C10H19NO2/c1-8(7-10(12)13)11(2)9-5-3-4-6-9/h8-9H,3-7H2,1-2H3,(H,12,13). The summed E-state index contributed by atoms with van der Waals surface area (Å²) in [6.45, 7) is 1.99. The van der Waals surface area contributed by atoms with Crippen LogP contribution >= 0.6 is 0 Å². The third-order valence-electron chi connectivity index (χ3n) is 3.07. The van der Waals surface area contributed by atoms with Crippen molar-refractivity contribution in [3.63, 3.8) is 0 Å². The van der Waals surface area contributed by atoms with Crippen LogP contribution in [0.15, 0.2) is 0 Å². The number of aliphatic carboxylic acids is 1. The summed E-state index contributed by atoms with van der Waals surface area (Å²) in [5.74, 6) is -0.697. The van der Waals surface area contributed by atoms with Crippen molar-refractivity contribution in [3.05, 3.63) is 0 Å². The van der Waals surface area contributed by atoms with Crippen LogP contribution in [0, 0.1) is 0 Å². The summed E-state index contributed by atoms with van der Waals surface area (Å²) in [5.41, 5.74) is 0. The van der Waals surface area contributed by atoms with E-state index < -0.39 is 5.97 Å². The van der Waals surface area contributed by atoms with E-state index in [0.29, 0.717) is 6.04 Å². The molecular weight excluding hydrogens is 166 g/mol. The Bertz CT molecular complexity index is 176. The van der Waals surface area contributed by atoms with Gasteiger partial charge in [0.2, 0.25) is 0 Å². The van der Waals surface area contributed by atoms with Crippen molar-refractivity contribution in [2.75, 3.05) is 7.05 Å². The molecule has 76 valence electrons. The van der Waals surface area contributed by atoms with Crippen LogP contribution in [0.25, 0.3) is 0 Å². The Morgan fingerprint density at radius 2 is 2.08 bits per heavy atom. The largest absolute Gasteiger partial charge is 0.481 e. The van der Waals surface area contributed by atoms with Gasteiger partial charge < -0.3 is 10.0 Å². The molecule has 0 spiro atoms. The van der Waals surface area contributed by atoms with Crippen molar-refractivity contribution in [1.29, 1.82) is 0 Å². The second-order valence-electron chi connectivity index (χ2n) is 4.05. The highest BCUT2D eigenvalue weighted by atomic mass is 16.4. The average Bonchev–Trinajstić information content (AvgIpc) is 2.53. The Labute approximate surface area is 79.7 Å². The Balaban J connectivity index is 2.36. The van der Waals surface area contributed by atoms with Crippen molar-refractivity contribution < 1.29 is 9.90 Å². The summed E-state index contributed by atoms with van der Waals surface area (Å²) >= 11 is 0. The van der Waals surface area contributed by atoms with Gasteiger partial charge in [0.05, 0.1) is 6.42 Å². The molecule has 1 rings (SSSR count). The molecular formula is C10H19NO2. The van der Waals surface area contributed by atoms with Crippen LogP contribution in [0.1, 0.15) is 39.0 Å². The molecule has 0 bridgehead atoms. The smallest absolute Gasteiger partial charge is 0.304 e. The van der Waals surface area contributed by atoms with Crippen molar-refractivity contribution >= 4 is 5.97 Å². The Hall–Kier alpha value is -0.570. The van der Waals surface area contributed by atoms with Crippen LogP contribution in [0.3, 0.4) is 0 Å². The number of hydrogen-bond donors (Lipinski definition) is 1. The second-order valence-corrected chi connectivity index (χ2v) is 4.05. The molecule has 13 heavy (non-hydrogen) atoms. The molecule has 0 aromatic rings. The van der Waals surface area contributed by atoms with Gasteiger partial charge in [-0.05, 0) is 26.8 Å². The van der Waals surface area contributed by atoms with E-state index in [9.17, 15) is 4.79 Å². The van der Waals surface area contributed by atoms with Crippen LogP contribution in [-0.4, -0.2) is 35.1 Å². The van der Waals surface area contributed by atoms with Crippen LogP contribution in [0.5, 0.6) is 0 Å². The van der Waals surface area contributed by atoms with Crippen molar-refractivity contribution in [2.24, 2.45) is 0 Å². The second kappa shape index (κ2) is 4.61. The Kier molecular flexibility index (Phi) is 3.72. The first-order valence-corrected chi connectivity index (χ1v) is 5.05. The lowest BCUT2D eigenvalue weighted by Crippen LogP contribution is -2.38.